The lowest BCUT2D eigenvalue weighted by molar-refractivity contribution is 0.339. The second-order valence-corrected chi connectivity index (χ2v) is 3.32. The SMILES string of the molecule is CCOc1ccccc1-n1cn[nH]c1=S. The Labute approximate surface area is 92.5 Å². The van der Waals surface area contributed by atoms with Crippen LogP contribution in [0.5, 0.6) is 5.75 Å². The molecule has 78 valence electrons. The quantitative estimate of drug-likeness (QED) is 0.809. The molecule has 1 aromatic carbocycles. The van der Waals surface area contributed by atoms with Crippen molar-refractivity contribution < 1.29 is 4.74 Å². The molecule has 1 aromatic heterocycles. The van der Waals surface area contributed by atoms with Crippen LogP contribution >= 0.6 is 12.2 Å². The Balaban J connectivity index is 2.52. The fourth-order valence-corrected chi connectivity index (χ4v) is 1.55. The number of nitrogens with one attached hydrogen (secondary N) is 1. The van der Waals surface area contributed by atoms with E-state index >= 15 is 0 Å². The molecule has 0 spiro atoms. The summed E-state index contributed by atoms with van der Waals surface area (Å²) >= 11 is 5.10. The highest BCUT2D eigenvalue weighted by Crippen LogP contribution is 2.21. The number of aromatic amines is 1. The lowest BCUT2D eigenvalue weighted by Crippen LogP contribution is -1.99. The Kier molecular flexibility index (Phi) is 2.82. The Morgan fingerprint density at radius 1 is 1.47 bits per heavy atom. The first-order chi connectivity index (χ1) is 7.33. The van der Waals surface area contributed by atoms with Crippen molar-refractivity contribution in [3.63, 3.8) is 0 Å². The van der Waals surface area contributed by atoms with E-state index in [0.717, 1.165) is 11.4 Å². The van der Waals surface area contributed by atoms with E-state index < -0.39 is 0 Å². The molecule has 5 heteroatoms. The second-order valence-electron chi connectivity index (χ2n) is 2.93. The van der Waals surface area contributed by atoms with Crippen molar-refractivity contribution in [3.05, 3.63) is 35.4 Å². The van der Waals surface area contributed by atoms with Crippen molar-refractivity contribution in [1.29, 1.82) is 0 Å². The summed E-state index contributed by atoms with van der Waals surface area (Å²) in [5.74, 6) is 0.803. The summed E-state index contributed by atoms with van der Waals surface area (Å²) in [7, 11) is 0. The van der Waals surface area contributed by atoms with Crippen molar-refractivity contribution in [3.8, 4) is 11.4 Å². The number of para-hydroxylation sites is 2. The molecule has 2 aromatic rings. The van der Waals surface area contributed by atoms with E-state index in [0.29, 0.717) is 11.4 Å². The van der Waals surface area contributed by atoms with Gasteiger partial charge in [-0.15, -0.1) is 0 Å². The van der Waals surface area contributed by atoms with E-state index in [9.17, 15) is 0 Å². The first-order valence-corrected chi connectivity index (χ1v) is 5.08. The molecule has 1 heterocycles. The van der Waals surface area contributed by atoms with Crippen LogP contribution in [0.1, 0.15) is 6.92 Å². The van der Waals surface area contributed by atoms with Gasteiger partial charge in [0.1, 0.15) is 12.1 Å². The number of aromatic nitrogens is 3. The minimum Gasteiger partial charge on any atom is -0.492 e. The largest absolute Gasteiger partial charge is 0.492 e. The van der Waals surface area contributed by atoms with Crippen LogP contribution in [-0.4, -0.2) is 21.4 Å². The molecular weight excluding hydrogens is 210 g/mol. The van der Waals surface area contributed by atoms with Gasteiger partial charge in [0.15, 0.2) is 4.77 Å². The highest BCUT2D eigenvalue weighted by atomic mass is 32.1. The Morgan fingerprint density at radius 2 is 2.27 bits per heavy atom. The van der Waals surface area contributed by atoms with Gasteiger partial charge in [0.25, 0.3) is 0 Å². The molecule has 2 rings (SSSR count). The van der Waals surface area contributed by atoms with Gasteiger partial charge in [-0.3, -0.25) is 9.67 Å². The van der Waals surface area contributed by atoms with Gasteiger partial charge in [-0.25, -0.2) is 0 Å². The Hall–Kier alpha value is -1.62. The average Bonchev–Trinajstić information content (AvgIpc) is 2.66. The summed E-state index contributed by atoms with van der Waals surface area (Å²) in [5, 5.41) is 6.59. The Bertz CT molecular complexity index is 503. The number of benzene rings is 1. The van der Waals surface area contributed by atoms with Crippen molar-refractivity contribution in [2.45, 2.75) is 6.92 Å². The maximum Gasteiger partial charge on any atom is 0.199 e. The van der Waals surface area contributed by atoms with Crippen molar-refractivity contribution in [2.75, 3.05) is 6.61 Å². The first-order valence-electron chi connectivity index (χ1n) is 4.67. The van der Waals surface area contributed by atoms with Crippen LogP contribution in [0.15, 0.2) is 30.6 Å². The van der Waals surface area contributed by atoms with E-state index in [4.69, 9.17) is 17.0 Å². The lowest BCUT2D eigenvalue weighted by atomic mass is 10.3. The molecule has 0 radical (unpaired) electrons. The third-order valence-electron chi connectivity index (χ3n) is 1.98. The van der Waals surface area contributed by atoms with E-state index in [1.807, 2.05) is 31.2 Å². The van der Waals surface area contributed by atoms with Crippen LogP contribution in [0.25, 0.3) is 5.69 Å². The summed E-state index contributed by atoms with van der Waals surface area (Å²) in [5.41, 5.74) is 0.901. The molecule has 1 N–H and O–H groups in total. The highest BCUT2D eigenvalue weighted by Gasteiger charge is 2.05. The normalized spacial score (nSPS) is 10.2. The van der Waals surface area contributed by atoms with Crippen LogP contribution in [0.2, 0.25) is 0 Å². The topological polar surface area (TPSA) is 42.8 Å². The first kappa shape index (κ1) is 9.92. The minimum absolute atomic E-state index is 0.558. The third kappa shape index (κ3) is 1.92. The number of hydrogen-bond donors (Lipinski definition) is 1. The Morgan fingerprint density at radius 3 is 2.93 bits per heavy atom. The predicted molar refractivity (Wildman–Crippen MR) is 59.9 cm³/mol. The number of nitrogens with zero attached hydrogens (tertiary/aromatic N) is 2. The van der Waals surface area contributed by atoms with Gasteiger partial charge in [0, 0.05) is 0 Å². The molecule has 0 atom stereocenters. The number of hydrogen-bond acceptors (Lipinski definition) is 3. The van der Waals surface area contributed by atoms with Crippen molar-refractivity contribution in [1.82, 2.24) is 14.8 Å². The third-order valence-corrected chi connectivity index (χ3v) is 2.26. The van der Waals surface area contributed by atoms with Crippen LogP contribution in [0.4, 0.5) is 0 Å². The summed E-state index contributed by atoms with van der Waals surface area (Å²) in [6.45, 7) is 2.58. The number of H-pyrrole nitrogens is 1. The van der Waals surface area contributed by atoms with Gasteiger partial charge in [0.2, 0.25) is 0 Å². The van der Waals surface area contributed by atoms with Gasteiger partial charge >= 0.3 is 0 Å². The molecule has 0 saturated heterocycles. The molecule has 0 aliphatic rings. The predicted octanol–water partition coefficient (Wildman–Crippen LogP) is 2.33. The van der Waals surface area contributed by atoms with Crippen LogP contribution < -0.4 is 4.74 Å². The van der Waals surface area contributed by atoms with E-state index in [1.165, 1.54) is 0 Å². The number of rotatable bonds is 3. The monoisotopic (exact) mass is 221 g/mol. The van der Waals surface area contributed by atoms with Crippen molar-refractivity contribution in [2.24, 2.45) is 0 Å². The zero-order chi connectivity index (χ0) is 10.7. The summed E-state index contributed by atoms with van der Waals surface area (Å²) in [6, 6.07) is 7.72. The van der Waals surface area contributed by atoms with Crippen LogP contribution in [-0.2, 0) is 0 Å². The second kappa shape index (κ2) is 4.27. The molecule has 0 aliphatic heterocycles. The summed E-state index contributed by atoms with van der Waals surface area (Å²) in [4.78, 5) is 0. The average molecular weight is 221 g/mol. The lowest BCUT2D eigenvalue weighted by Gasteiger charge is -2.09. The molecule has 0 fully saturated rings. The van der Waals surface area contributed by atoms with Crippen LogP contribution in [0.3, 0.4) is 0 Å². The summed E-state index contributed by atoms with van der Waals surface area (Å²) in [6.07, 6.45) is 1.64. The zero-order valence-corrected chi connectivity index (χ0v) is 9.12. The minimum atomic E-state index is 0.558. The zero-order valence-electron chi connectivity index (χ0n) is 8.30. The highest BCUT2D eigenvalue weighted by molar-refractivity contribution is 7.71. The maximum absolute atomic E-state index is 5.51. The van der Waals surface area contributed by atoms with E-state index in [2.05, 4.69) is 10.2 Å². The fraction of sp³-hybridized carbons (Fsp3) is 0.200. The molecule has 4 nitrogen and oxygen atoms in total. The van der Waals surface area contributed by atoms with E-state index in [-0.39, 0.29) is 0 Å². The fourth-order valence-electron chi connectivity index (χ4n) is 1.35. The van der Waals surface area contributed by atoms with Gasteiger partial charge in [-0.1, -0.05) is 12.1 Å². The molecule has 0 bridgehead atoms. The molecule has 0 amide bonds. The van der Waals surface area contributed by atoms with Gasteiger partial charge < -0.3 is 4.74 Å². The van der Waals surface area contributed by atoms with Crippen LogP contribution in [0, 0.1) is 4.77 Å². The smallest absolute Gasteiger partial charge is 0.199 e. The van der Waals surface area contributed by atoms with Crippen molar-refractivity contribution >= 4 is 12.2 Å². The summed E-state index contributed by atoms with van der Waals surface area (Å²) < 4.78 is 7.84. The number of ether oxygens (including phenoxy) is 1. The molecule has 0 aliphatic carbocycles. The van der Waals surface area contributed by atoms with Gasteiger partial charge in [-0.05, 0) is 31.3 Å². The molecular formula is C10H11N3OS. The van der Waals surface area contributed by atoms with Gasteiger partial charge in [-0.2, -0.15) is 5.10 Å². The van der Waals surface area contributed by atoms with Gasteiger partial charge in [0.05, 0.1) is 12.3 Å². The maximum atomic E-state index is 5.51. The molecule has 15 heavy (non-hydrogen) atoms. The molecule has 0 saturated carbocycles. The van der Waals surface area contributed by atoms with E-state index in [1.54, 1.807) is 10.9 Å². The molecule has 0 unspecified atom stereocenters. The standard InChI is InChI=1S/C10H11N3OS/c1-2-14-9-6-4-3-5-8(9)13-7-11-12-10(13)15/h3-7H,2H2,1H3,(H,12,15).